The van der Waals surface area contributed by atoms with Gasteiger partial charge in [0.15, 0.2) is 0 Å². The Morgan fingerprint density at radius 2 is 0.708 bits per heavy atom. The van der Waals surface area contributed by atoms with Crippen LogP contribution in [0.2, 0.25) is 0 Å². The van der Waals surface area contributed by atoms with Crippen molar-refractivity contribution in [1.82, 2.24) is 0 Å². The van der Waals surface area contributed by atoms with Crippen molar-refractivity contribution in [3.8, 4) is 0 Å². The van der Waals surface area contributed by atoms with Crippen molar-refractivity contribution >= 4 is 13.8 Å². The van der Waals surface area contributed by atoms with Gasteiger partial charge < -0.3 is 27.9 Å². The van der Waals surface area contributed by atoms with Gasteiger partial charge >= 0.3 is 5.97 Å². The average molecular weight is 945 g/mol. The van der Waals surface area contributed by atoms with Crippen molar-refractivity contribution in [1.29, 1.82) is 0 Å². The van der Waals surface area contributed by atoms with Crippen LogP contribution in [0.5, 0.6) is 0 Å². The van der Waals surface area contributed by atoms with Gasteiger partial charge in [0.1, 0.15) is 19.3 Å². The number of unbranched alkanes of at least 4 members (excludes halogenated alkanes) is 41. The van der Waals surface area contributed by atoms with Gasteiger partial charge in [-0.2, -0.15) is 0 Å². The standard InChI is InChI=1S/C56H114NO7P/c1-6-8-10-12-14-16-18-20-22-24-26-27-28-29-30-31-32-33-35-37-39-41-43-45-47-49-56(58)64-55(54-63-65(59,60)62-52-50-57(3,4)5)53-61-51-48-46-44-42-40-38-36-34-25-23-21-19-17-15-13-11-9-7-2/h55H,6-54H2,1-5H3/t55-/m1/s1. The van der Waals surface area contributed by atoms with E-state index in [1.807, 2.05) is 21.1 Å². The second-order valence-electron chi connectivity index (χ2n) is 21.0. The first-order valence-electron chi connectivity index (χ1n) is 28.8. The van der Waals surface area contributed by atoms with Crippen molar-refractivity contribution in [2.45, 2.75) is 302 Å². The van der Waals surface area contributed by atoms with E-state index in [-0.39, 0.29) is 25.8 Å². The molecule has 0 aromatic heterocycles. The Morgan fingerprint density at radius 3 is 1.02 bits per heavy atom. The molecular formula is C56H114NO7P. The third-order valence-corrected chi connectivity index (χ3v) is 14.1. The highest BCUT2D eigenvalue weighted by atomic mass is 31.2. The summed E-state index contributed by atoms with van der Waals surface area (Å²) in [7, 11) is 1.38. The highest BCUT2D eigenvalue weighted by Gasteiger charge is 2.20. The van der Waals surface area contributed by atoms with Gasteiger partial charge in [0.2, 0.25) is 0 Å². The normalized spacial score (nSPS) is 13.4. The molecule has 9 heteroatoms. The van der Waals surface area contributed by atoms with E-state index in [9.17, 15) is 14.3 Å². The van der Waals surface area contributed by atoms with Gasteiger partial charge in [-0.1, -0.05) is 277 Å². The van der Waals surface area contributed by atoms with E-state index in [4.69, 9.17) is 18.5 Å². The molecule has 1 unspecified atom stereocenters. The molecule has 0 bridgehead atoms. The van der Waals surface area contributed by atoms with Crippen LogP contribution in [0.4, 0.5) is 0 Å². The first kappa shape index (κ1) is 64.5. The van der Waals surface area contributed by atoms with Crippen molar-refractivity contribution in [2.75, 3.05) is 54.1 Å². The number of quaternary nitrogens is 1. The quantitative estimate of drug-likeness (QED) is 0.0259. The fraction of sp³-hybridized carbons (Fsp3) is 0.982. The molecule has 0 aromatic rings. The molecule has 65 heavy (non-hydrogen) atoms. The van der Waals surface area contributed by atoms with Crippen molar-refractivity contribution in [3.63, 3.8) is 0 Å². The van der Waals surface area contributed by atoms with E-state index in [2.05, 4.69) is 13.8 Å². The van der Waals surface area contributed by atoms with Crippen molar-refractivity contribution < 1.29 is 37.3 Å². The van der Waals surface area contributed by atoms with Crippen LogP contribution in [-0.2, 0) is 27.9 Å². The second kappa shape index (κ2) is 49.9. The van der Waals surface area contributed by atoms with E-state index < -0.39 is 13.9 Å². The maximum atomic E-state index is 12.8. The Balaban J connectivity index is 3.99. The van der Waals surface area contributed by atoms with Crippen LogP contribution in [0.1, 0.15) is 296 Å². The van der Waals surface area contributed by atoms with E-state index in [0.717, 1.165) is 32.1 Å². The molecular weight excluding hydrogens is 830 g/mol. The number of phosphoric acid groups is 1. The number of ether oxygens (including phenoxy) is 2. The van der Waals surface area contributed by atoms with E-state index in [0.29, 0.717) is 24.1 Å². The summed E-state index contributed by atoms with van der Waals surface area (Å²) in [4.78, 5) is 25.2. The molecule has 0 aliphatic carbocycles. The number of esters is 1. The van der Waals surface area contributed by atoms with Gasteiger partial charge in [0, 0.05) is 13.0 Å². The lowest BCUT2D eigenvalue weighted by atomic mass is 10.0. The number of hydrogen-bond donors (Lipinski definition) is 0. The summed E-state index contributed by atoms with van der Waals surface area (Å²) >= 11 is 0. The molecule has 0 saturated carbocycles. The number of likely N-dealkylation sites (N-methyl/N-ethyl adjacent to an activating group) is 1. The van der Waals surface area contributed by atoms with Gasteiger partial charge in [0.25, 0.3) is 7.82 Å². The smallest absolute Gasteiger partial charge is 0.306 e. The van der Waals surface area contributed by atoms with Crippen LogP contribution in [0.15, 0.2) is 0 Å². The summed E-state index contributed by atoms with van der Waals surface area (Å²) in [5.74, 6) is -0.323. The molecule has 0 aliphatic heterocycles. The Bertz CT molecular complexity index is 1010. The maximum absolute atomic E-state index is 12.8. The predicted octanol–water partition coefficient (Wildman–Crippen LogP) is 17.3. The number of rotatable bonds is 55. The molecule has 0 N–H and O–H groups in total. The minimum Gasteiger partial charge on any atom is -0.756 e. The lowest BCUT2D eigenvalue weighted by Gasteiger charge is -2.28. The SMILES string of the molecule is CCCCCCCCCCCCCCCCCCCCCCCCCCCC(=O)O[C@H](COCCCCCCCCCCCCCCCCCCCC)COP(=O)([O-])OCC[N+](C)(C)C. The Hall–Kier alpha value is -0.500. The van der Waals surface area contributed by atoms with Crippen LogP contribution in [0, 0.1) is 0 Å². The number of nitrogens with zero attached hydrogens (tertiary/aromatic N) is 1. The molecule has 0 saturated heterocycles. The Kier molecular flexibility index (Phi) is 49.5. The summed E-state index contributed by atoms with van der Waals surface area (Å²) in [5, 5.41) is 0. The summed E-state index contributed by atoms with van der Waals surface area (Å²) < 4.78 is 34.9. The summed E-state index contributed by atoms with van der Waals surface area (Å²) in [5.41, 5.74) is 0. The fourth-order valence-electron chi connectivity index (χ4n) is 8.73. The minimum atomic E-state index is -4.53. The third-order valence-electron chi connectivity index (χ3n) is 13.2. The number of phosphoric ester groups is 1. The second-order valence-corrected chi connectivity index (χ2v) is 22.4. The van der Waals surface area contributed by atoms with Gasteiger partial charge in [-0.3, -0.25) is 9.36 Å². The predicted molar refractivity (Wildman–Crippen MR) is 278 cm³/mol. The monoisotopic (exact) mass is 944 g/mol. The molecule has 0 aromatic carbocycles. The molecule has 0 rings (SSSR count). The minimum absolute atomic E-state index is 0.0319. The van der Waals surface area contributed by atoms with E-state index in [1.54, 1.807) is 0 Å². The average Bonchev–Trinajstić information content (AvgIpc) is 3.27. The molecule has 0 spiro atoms. The number of carbonyl (C=O) groups excluding carboxylic acids is 1. The molecule has 0 fully saturated rings. The highest BCUT2D eigenvalue weighted by molar-refractivity contribution is 7.45. The molecule has 0 radical (unpaired) electrons. The molecule has 8 nitrogen and oxygen atoms in total. The van der Waals surface area contributed by atoms with Crippen molar-refractivity contribution in [2.24, 2.45) is 0 Å². The van der Waals surface area contributed by atoms with E-state index >= 15 is 0 Å². The zero-order chi connectivity index (χ0) is 47.6. The van der Waals surface area contributed by atoms with Crippen LogP contribution >= 0.6 is 7.82 Å². The first-order chi connectivity index (χ1) is 31.6. The maximum Gasteiger partial charge on any atom is 0.306 e. The van der Waals surface area contributed by atoms with Gasteiger partial charge in [-0.25, -0.2) is 0 Å². The van der Waals surface area contributed by atoms with Gasteiger partial charge in [-0.05, 0) is 12.8 Å². The molecule has 390 valence electrons. The third kappa shape index (κ3) is 54.3. The zero-order valence-corrected chi connectivity index (χ0v) is 45.4. The summed E-state index contributed by atoms with van der Waals surface area (Å²) in [6.45, 7) is 5.51. The summed E-state index contributed by atoms with van der Waals surface area (Å²) in [6.07, 6.45) is 57.1. The lowest BCUT2D eigenvalue weighted by Crippen LogP contribution is -2.37. The van der Waals surface area contributed by atoms with Gasteiger partial charge in [-0.15, -0.1) is 0 Å². The van der Waals surface area contributed by atoms with Crippen LogP contribution < -0.4 is 4.89 Å². The largest absolute Gasteiger partial charge is 0.756 e. The topological polar surface area (TPSA) is 94.1 Å². The lowest BCUT2D eigenvalue weighted by molar-refractivity contribution is -0.870. The number of carbonyl (C=O) groups is 1. The molecule has 2 atom stereocenters. The number of hydrogen-bond acceptors (Lipinski definition) is 7. The first-order valence-corrected chi connectivity index (χ1v) is 30.2. The molecule has 0 amide bonds. The fourth-order valence-corrected chi connectivity index (χ4v) is 9.46. The summed E-state index contributed by atoms with van der Waals surface area (Å²) in [6, 6.07) is 0. The Labute approximate surface area is 406 Å². The van der Waals surface area contributed by atoms with Crippen LogP contribution in [0.25, 0.3) is 0 Å². The molecule has 0 heterocycles. The van der Waals surface area contributed by atoms with Crippen LogP contribution in [0.3, 0.4) is 0 Å². The van der Waals surface area contributed by atoms with Crippen molar-refractivity contribution in [3.05, 3.63) is 0 Å². The molecule has 0 aliphatic rings. The zero-order valence-electron chi connectivity index (χ0n) is 44.5. The van der Waals surface area contributed by atoms with Crippen LogP contribution in [-0.4, -0.2) is 70.7 Å². The van der Waals surface area contributed by atoms with Gasteiger partial charge in [0.05, 0.1) is 34.4 Å². The Morgan fingerprint density at radius 1 is 0.415 bits per heavy atom. The van der Waals surface area contributed by atoms with E-state index in [1.165, 1.54) is 244 Å². The highest BCUT2D eigenvalue weighted by Crippen LogP contribution is 2.38.